The minimum atomic E-state index is -1.07. The molecule has 3 N–H and O–H groups in total. The molecule has 6 nitrogen and oxygen atoms in total. The van der Waals surface area contributed by atoms with Crippen LogP contribution in [0.2, 0.25) is 0 Å². The summed E-state index contributed by atoms with van der Waals surface area (Å²) in [7, 11) is 0. The van der Waals surface area contributed by atoms with Crippen molar-refractivity contribution in [3.63, 3.8) is 0 Å². The monoisotopic (exact) mass is 277 g/mol. The number of nitrogens with one attached hydrogen (secondary N) is 1. The molecule has 2 rings (SSSR count). The van der Waals surface area contributed by atoms with Crippen molar-refractivity contribution in [2.45, 2.75) is 38.8 Å². The van der Waals surface area contributed by atoms with Crippen molar-refractivity contribution in [1.29, 1.82) is 0 Å². The van der Waals surface area contributed by atoms with Crippen LogP contribution in [0, 0.1) is 0 Å². The van der Waals surface area contributed by atoms with Gasteiger partial charge < -0.3 is 15.5 Å². The minimum Gasteiger partial charge on any atom is -0.476 e. The summed E-state index contributed by atoms with van der Waals surface area (Å²) < 4.78 is 1.51. The maximum atomic E-state index is 11.5. The lowest BCUT2D eigenvalue weighted by Crippen LogP contribution is -2.51. The second-order valence-corrected chi connectivity index (χ2v) is 5.85. The summed E-state index contributed by atoms with van der Waals surface area (Å²) in [4.78, 5) is 15.8. The van der Waals surface area contributed by atoms with Gasteiger partial charge in [0.05, 0.1) is 11.1 Å². The number of carboxylic acids is 1. The zero-order valence-electron chi connectivity index (χ0n) is 12.0. The van der Waals surface area contributed by atoms with E-state index in [9.17, 15) is 15.0 Å². The smallest absolute Gasteiger partial charge is 0.356 e. The van der Waals surface area contributed by atoms with Crippen LogP contribution >= 0.6 is 0 Å². The fourth-order valence-electron chi connectivity index (χ4n) is 1.74. The molecule has 20 heavy (non-hydrogen) atoms. The molecule has 0 unspecified atom stereocenters. The number of anilines is 1. The van der Waals surface area contributed by atoms with Crippen LogP contribution in [0.1, 0.15) is 38.2 Å². The average Bonchev–Trinajstić information content (AvgIpc) is 2.64. The molecule has 2 aromatic rings. The van der Waals surface area contributed by atoms with Gasteiger partial charge in [0.25, 0.3) is 0 Å². The molecule has 0 aliphatic heterocycles. The first kappa shape index (κ1) is 14.3. The van der Waals surface area contributed by atoms with Crippen molar-refractivity contribution in [3.8, 4) is 0 Å². The molecule has 0 aliphatic rings. The Balaban J connectivity index is 2.55. The highest BCUT2D eigenvalue weighted by atomic mass is 16.4. The standard InChI is InChI=1S/C14H19N3O3/c1-13(2,14(3,4)20)16-11-10(12(18)19)17-8-6-5-7-9(17)15-11/h5-8,16,20H,1-4H3,(H,18,19). The van der Waals surface area contributed by atoms with Crippen LogP contribution in [0.4, 0.5) is 5.82 Å². The average molecular weight is 277 g/mol. The third-order valence-corrected chi connectivity index (χ3v) is 3.69. The van der Waals surface area contributed by atoms with Crippen molar-refractivity contribution in [2.24, 2.45) is 0 Å². The van der Waals surface area contributed by atoms with Gasteiger partial charge in [0.1, 0.15) is 5.65 Å². The van der Waals surface area contributed by atoms with Crippen LogP contribution in [0.25, 0.3) is 5.65 Å². The third kappa shape index (κ3) is 2.34. The Morgan fingerprint density at radius 1 is 1.30 bits per heavy atom. The van der Waals surface area contributed by atoms with E-state index in [2.05, 4.69) is 10.3 Å². The number of nitrogens with zero attached hydrogens (tertiary/aromatic N) is 2. The van der Waals surface area contributed by atoms with Crippen LogP contribution in [0.3, 0.4) is 0 Å². The predicted octanol–water partition coefficient (Wildman–Crippen LogP) is 1.99. The maximum absolute atomic E-state index is 11.5. The van der Waals surface area contributed by atoms with Crippen LogP contribution < -0.4 is 5.32 Å². The highest BCUT2D eigenvalue weighted by Gasteiger charge is 2.36. The van der Waals surface area contributed by atoms with E-state index in [0.717, 1.165) is 0 Å². The van der Waals surface area contributed by atoms with E-state index in [1.54, 1.807) is 52.1 Å². The van der Waals surface area contributed by atoms with Crippen molar-refractivity contribution in [2.75, 3.05) is 5.32 Å². The quantitative estimate of drug-likeness (QED) is 0.795. The van der Waals surface area contributed by atoms with E-state index in [0.29, 0.717) is 5.65 Å². The largest absolute Gasteiger partial charge is 0.476 e. The second-order valence-electron chi connectivity index (χ2n) is 5.85. The fourth-order valence-corrected chi connectivity index (χ4v) is 1.74. The molecule has 2 aromatic heterocycles. The number of hydrogen-bond donors (Lipinski definition) is 3. The van der Waals surface area contributed by atoms with E-state index in [-0.39, 0.29) is 11.5 Å². The molecule has 0 radical (unpaired) electrons. The maximum Gasteiger partial charge on any atom is 0.356 e. The summed E-state index contributed by atoms with van der Waals surface area (Å²) in [5.74, 6) is -0.825. The van der Waals surface area contributed by atoms with Gasteiger partial charge in [0.2, 0.25) is 0 Å². The molecule has 0 saturated heterocycles. The highest BCUT2D eigenvalue weighted by Crippen LogP contribution is 2.28. The van der Waals surface area contributed by atoms with E-state index < -0.39 is 17.1 Å². The Hall–Kier alpha value is -2.08. The molecule has 0 amide bonds. The lowest BCUT2D eigenvalue weighted by atomic mass is 9.86. The SMILES string of the molecule is CC(C)(O)C(C)(C)Nc1nc2ccccn2c1C(=O)O. The molecule has 0 atom stereocenters. The topological polar surface area (TPSA) is 86.9 Å². The van der Waals surface area contributed by atoms with Gasteiger partial charge in [-0.3, -0.25) is 4.40 Å². The number of hydrogen-bond acceptors (Lipinski definition) is 4. The zero-order chi connectivity index (χ0) is 15.1. The van der Waals surface area contributed by atoms with Gasteiger partial charge in [0, 0.05) is 6.20 Å². The van der Waals surface area contributed by atoms with Gasteiger partial charge in [-0.15, -0.1) is 0 Å². The lowest BCUT2D eigenvalue weighted by Gasteiger charge is -2.38. The molecule has 0 aliphatic carbocycles. The molecule has 0 fully saturated rings. The summed E-state index contributed by atoms with van der Waals surface area (Å²) in [6, 6.07) is 5.26. The van der Waals surface area contributed by atoms with Crippen LogP contribution in [0.5, 0.6) is 0 Å². The number of aromatic carboxylic acids is 1. The zero-order valence-corrected chi connectivity index (χ0v) is 12.0. The molecule has 0 aromatic carbocycles. The van der Waals surface area contributed by atoms with Crippen LogP contribution in [-0.4, -0.2) is 36.7 Å². The number of aromatic nitrogens is 2. The Bertz CT molecular complexity index is 653. The van der Waals surface area contributed by atoms with Gasteiger partial charge >= 0.3 is 5.97 Å². The van der Waals surface area contributed by atoms with Crippen LogP contribution in [0.15, 0.2) is 24.4 Å². The highest BCUT2D eigenvalue weighted by molar-refractivity contribution is 5.93. The van der Waals surface area contributed by atoms with Gasteiger partial charge in [-0.2, -0.15) is 0 Å². The third-order valence-electron chi connectivity index (χ3n) is 3.69. The first-order valence-electron chi connectivity index (χ1n) is 6.34. The fraction of sp³-hybridized carbons (Fsp3) is 0.429. The van der Waals surface area contributed by atoms with Crippen molar-refractivity contribution < 1.29 is 15.0 Å². The molecule has 0 spiro atoms. The first-order chi connectivity index (χ1) is 9.13. The number of carboxylic acid groups (broad SMARTS) is 1. The van der Waals surface area contributed by atoms with Crippen molar-refractivity contribution in [3.05, 3.63) is 30.1 Å². The van der Waals surface area contributed by atoms with Gasteiger partial charge in [-0.1, -0.05) is 6.07 Å². The summed E-state index contributed by atoms with van der Waals surface area (Å²) in [5.41, 5.74) is -1.19. The van der Waals surface area contributed by atoms with Gasteiger partial charge in [-0.25, -0.2) is 9.78 Å². The van der Waals surface area contributed by atoms with E-state index in [4.69, 9.17) is 0 Å². The number of pyridine rings is 1. The first-order valence-corrected chi connectivity index (χ1v) is 6.34. The van der Waals surface area contributed by atoms with Crippen molar-refractivity contribution >= 4 is 17.4 Å². The lowest BCUT2D eigenvalue weighted by molar-refractivity contribution is 0.0237. The van der Waals surface area contributed by atoms with E-state index >= 15 is 0 Å². The predicted molar refractivity (Wildman–Crippen MR) is 76.2 cm³/mol. The summed E-state index contributed by atoms with van der Waals surface area (Å²) >= 11 is 0. The number of carbonyl (C=O) groups is 1. The molecular formula is C14H19N3O3. The minimum absolute atomic E-state index is 0.0536. The molecule has 108 valence electrons. The van der Waals surface area contributed by atoms with Gasteiger partial charge in [0.15, 0.2) is 11.5 Å². The Morgan fingerprint density at radius 3 is 2.50 bits per heavy atom. The Kier molecular flexibility index (Phi) is 3.21. The van der Waals surface area contributed by atoms with Crippen molar-refractivity contribution in [1.82, 2.24) is 9.38 Å². The molecule has 2 heterocycles. The number of imidazole rings is 1. The molecule has 0 bridgehead atoms. The normalized spacial score (nSPS) is 12.7. The summed E-state index contributed by atoms with van der Waals surface area (Å²) in [6.07, 6.45) is 1.65. The molecule has 0 saturated carbocycles. The molecular weight excluding hydrogens is 258 g/mol. The second kappa shape index (κ2) is 4.49. The van der Waals surface area contributed by atoms with Gasteiger partial charge in [-0.05, 0) is 39.8 Å². The number of rotatable bonds is 4. The Morgan fingerprint density at radius 2 is 1.95 bits per heavy atom. The number of aliphatic hydroxyl groups is 1. The Labute approximate surface area is 117 Å². The number of fused-ring (bicyclic) bond motifs is 1. The van der Waals surface area contributed by atoms with Crippen LogP contribution in [-0.2, 0) is 0 Å². The molecule has 6 heteroatoms. The summed E-state index contributed by atoms with van der Waals surface area (Å²) in [5, 5.41) is 22.6. The van der Waals surface area contributed by atoms with E-state index in [1.165, 1.54) is 4.40 Å². The van der Waals surface area contributed by atoms with E-state index in [1.807, 2.05) is 0 Å². The summed E-state index contributed by atoms with van der Waals surface area (Å²) in [6.45, 7) is 6.91.